The molecule has 1 heterocycles. The highest BCUT2D eigenvalue weighted by Crippen LogP contribution is 2.61. The van der Waals surface area contributed by atoms with Crippen LogP contribution in [0.3, 0.4) is 0 Å². The van der Waals surface area contributed by atoms with Gasteiger partial charge < -0.3 is 0 Å². The first-order chi connectivity index (χ1) is 23.4. The van der Waals surface area contributed by atoms with Crippen LogP contribution in [0.2, 0.25) is 0 Å². The minimum absolute atomic E-state index is 0.305. The highest BCUT2D eigenvalue weighted by molar-refractivity contribution is 8.40. The molecule has 282 valence electrons. The van der Waals surface area contributed by atoms with Crippen molar-refractivity contribution < 1.29 is 0 Å². The lowest BCUT2D eigenvalue weighted by Gasteiger charge is -2.36. The normalized spacial score (nSPS) is 18.7. The maximum Gasteiger partial charge on any atom is 0.257 e. The Morgan fingerprint density at radius 1 is 0.314 bits per heavy atom. The molecule has 0 nitrogen and oxygen atoms in total. The Morgan fingerprint density at radius 2 is 0.510 bits per heavy atom. The monoisotopic (exact) mass is 798 g/mol. The van der Waals surface area contributed by atoms with Gasteiger partial charge in [0.1, 0.15) is 0 Å². The summed E-state index contributed by atoms with van der Waals surface area (Å²) in [5, 5.41) is 4.42. The van der Waals surface area contributed by atoms with Crippen molar-refractivity contribution in [2.75, 3.05) is 0 Å². The SMILES string of the molecule is CC(C)c1cc(C(C)C)c([Si]2(Cl)[Si](Cl)(Cl)[Si]2(c2c(C(C)C)cc(C(C)C)cc2C(C)C)c2c(C(C)C)cc(C(C)C)cc2C(C)C)c(C(C)C)c1. The van der Waals surface area contributed by atoms with Crippen LogP contribution in [-0.2, 0) is 0 Å². The van der Waals surface area contributed by atoms with E-state index < -0.39 is 19.3 Å². The summed E-state index contributed by atoms with van der Waals surface area (Å²) in [7, 11) is -3.10. The van der Waals surface area contributed by atoms with Crippen LogP contribution >= 0.6 is 33.2 Å². The zero-order chi connectivity index (χ0) is 38.9. The van der Waals surface area contributed by atoms with Gasteiger partial charge in [0.2, 0.25) is 6.42 Å². The third-order valence-corrected chi connectivity index (χ3v) is 73.1. The summed E-state index contributed by atoms with van der Waals surface area (Å²) in [5.74, 6) is 3.12. The van der Waals surface area contributed by atoms with E-state index in [-0.39, 0.29) is 0 Å². The molecule has 1 saturated heterocycles. The molecular formula is C45H69Cl3Si3. The Bertz CT molecular complexity index is 1580. The van der Waals surface area contributed by atoms with Crippen LogP contribution in [0, 0.1) is 0 Å². The molecule has 0 N–H and O–H groups in total. The smallest absolute Gasteiger partial charge is 0.165 e. The van der Waals surface area contributed by atoms with Gasteiger partial charge in [-0.3, -0.25) is 0 Å². The summed E-state index contributed by atoms with van der Waals surface area (Å²) in [6, 6.07) is 15.1. The molecule has 1 aliphatic rings. The summed E-state index contributed by atoms with van der Waals surface area (Å²) >= 11 is 26.1. The highest BCUT2D eigenvalue weighted by atomic mass is 35.7. The van der Waals surface area contributed by atoms with Gasteiger partial charge in [-0.1, -0.05) is 161 Å². The fourth-order valence-corrected chi connectivity index (χ4v) is 91.1. The Kier molecular flexibility index (Phi) is 12.9. The summed E-state index contributed by atoms with van der Waals surface area (Å²) in [5.41, 5.74) is 9.54. The fraction of sp³-hybridized carbons (Fsp3) is 0.600. The minimum atomic E-state index is -3.23. The van der Waals surface area contributed by atoms with E-state index >= 15 is 0 Å². The van der Waals surface area contributed by atoms with E-state index in [9.17, 15) is 0 Å². The van der Waals surface area contributed by atoms with Crippen LogP contribution in [-0.4, -0.2) is 19.3 Å². The van der Waals surface area contributed by atoms with Crippen LogP contribution in [0.15, 0.2) is 36.4 Å². The number of hydrogen-bond donors (Lipinski definition) is 0. The molecule has 0 spiro atoms. The molecule has 1 fully saturated rings. The van der Waals surface area contributed by atoms with Crippen LogP contribution in [0.1, 0.15) is 228 Å². The van der Waals surface area contributed by atoms with Crippen molar-refractivity contribution >= 4 is 68.1 Å². The van der Waals surface area contributed by atoms with E-state index in [1.54, 1.807) is 0 Å². The van der Waals surface area contributed by atoms with Gasteiger partial charge >= 0.3 is 0 Å². The number of hydrogen-bond acceptors (Lipinski definition) is 0. The van der Waals surface area contributed by atoms with Crippen molar-refractivity contribution in [1.82, 2.24) is 0 Å². The lowest BCUT2D eigenvalue weighted by Crippen LogP contribution is -2.64. The number of benzene rings is 3. The van der Waals surface area contributed by atoms with Gasteiger partial charge in [-0.05, 0) is 119 Å². The van der Waals surface area contributed by atoms with Crippen molar-refractivity contribution in [3.05, 3.63) is 86.5 Å². The molecule has 0 aliphatic carbocycles. The molecular weight excluding hydrogens is 731 g/mol. The van der Waals surface area contributed by atoms with E-state index in [1.807, 2.05) is 0 Å². The predicted molar refractivity (Wildman–Crippen MR) is 240 cm³/mol. The molecule has 4 rings (SSSR count). The van der Waals surface area contributed by atoms with Crippen LogP contribution in [0.25, 0.3) is 0 Å². The lowest BCUT2D eigenvalue weighted by atomic mass is 9.89. The first-order valence-corrected chi connectivity index (χ1v) is 32.1. The molecule has 1 aliphatic heterocycles. The van der Waals surface area contributed by atoms with E-state index in [1.165, 1.54) is 65.6 Å². The van der Waals surface area contributed by atoms with Crippen molar-refractivity contribution in [2.24, 2.45) is 0 Å². The van der Waals surface area contributed by atoms with Gasteiger partial charge in [0.05, 0.1) is 0 Å². The molecule has 3 aromatic carbocycles. The van der Waals surface area contributed by atoms with Crippen molar-refractivity contribution in [1.29, 1.82) is 0 Å². The molecule has 1 atom stereocenters. The van der Waals surface area contributed by atoms with Gasteiger partial charge in [0, 0.05) is 0 Å². The maximum atomic E-state index is 8.99. The molecule has 3 aromatic rings. The highest BCUT2D eigenvalue weighted by Gasteiger charge is 2.96. The first-order valence-electron chi connectivity index (χ1n) is 20.0. The lowest BCUT2D eigenvalue weighted by molar-refractivity contribution is 0.809. The molecule has 0 aromatic heterocycles. The molecule has 6 heteroatoms. The topological polar surface area (TPSA) is 0 Å². The first kappa shape index (κ1) is 42.9. The van der Waals surface area contributed by atoms with Gasteiger partial charge in [-0.2, -0.15) is 33.2 Å². The van der Waals surface area contributed by atoms with Gasteiger partial charge in [-0.15, -0.1) is 0 Å². The quantitative estimate of drug-likeness (QED) is 0.126. The largest absolute Gasteiger partial charge is 0.257 e. The minimum Gasteiger partial charge on any atom is -0.165 e. The molecule has 0 amide bonds. The standard InChI is InChI=1S/C45H69Cl3Si3/c1-25(2)34-19-37(28(7)8)43(38(20-34)29(9)10)49(44-39(30(11)12)21-35(26(3)4)22-40(44)31(13)14)50(46,51(49,47)48)45-41(32(15)16)23-36(27(5)6)24-42(45)33(17)18/h19-33H,1-18H3. The number of halogens is 3. The van der Waals surface area contributed by atoms with E-state index in [0.717, 1.165) is 0 Å². The second-order valence-electron chi connectivity index (χ2n) is 18.6. The Labute approximate surface area is 330 Å². The Balaban J connectivity index is 2.48. The average Bonchev–Trinajstić information content (AvgIpc) is 3.43. The molecule has 1 unspecified atom stereocenters. The molecule has 0 bridgehead atoms. The second-order valence-corrected chi connectivity index (χ2v) is 53.5. The summed E-state index contributed by atoms with van der Waals surface area (Å²) in [6.07, 6.45) is -3.16. The predicted octanol–water partition coefficient (Wildman–Crippen LogP) is 13.6. The summed E-state index contributed by atoms with van der Waals surface area (Å²) in [4.78, 5) is 0. The fourth-order valence-electron chi connectivity index (χ4n) is 8.71. The molecule has 0 radical (unpaired) electrons. The van der Waals surface area contributed by atoms with Crippen molar-refractivity contribution in [3.8, 4) is 0 Å². The average molecular weight is 801 g/mol. The van der Waals surface area contributed by atoms with Crippen molar-refractivity contribution in [3.63, 3.8) is 0 Å². The van der Waals surface area contributed by atoms with Gasteiger partial charge in [0.25, 0.3) is 5.73 Å². The zero-order valence-corrected chi connectivity index (χ0v) is 40.6. The maximum absolute atomic E-state index is 8.99. The second kappa shape index (κ2) is 15.4. The summed E-state index contributed by atoms with van der Waals surface area (Å²) in [6.45, 7) is 42.4. The third kappa shape index (κ3) is 6.88. The van der Waals surface area contributed by atoms with Crippen LogP contribution in [0.5, 0.6) is 0 Å². The van der Waals surface area contributed by atoms with E-state index in [2.05, 4.69) is 161 Å². The number of rotatable bonds is 12. The van der Waals surface area contributed by atoms with Gasteiger partial charge in [0.15, 0.2) is 7.11 Å². The van der Waals surface area contributed by atoms with E-state index in [0.29, 0.717) is 53.3 Å². The van der Waals surface area contributed by atoms with E-state index in [4.69, 9.17) is 33.2 Å². The molecule has 0 saturated carbocycles. The van der Waals surface area contributed by atoms with Gasteiger partial charge in [-0.25, -0.2) is 0 Å². The van der Waals surface area contributed by atoms with Crippen molar-refractivity contribution in [2.45, 2.75) is 178 Å². The summed E-state index contributed by atoms with van der Waals surface area (Å²) < 4.78 is 0. The third-order valence-electron chi connectivity index (χ3n) is 11.8. The molecule has 51 heavy (non-hydrogen) atoms. The van der Waals surface area contributed by atoms with Crippen LogP contribution in [0.4, 0.5) is 0 Å². The van der Waals surface area contributed by atoms with Crippen LogP contribution < -0.4 is 15.6 Å². The zero-order valence-electron chi connectivity index (χ0n) is 35.3. The Hall–Kier alpha value is -0.819. The Morgan fingerprint density at radius 3 is 0.686 bits per heavy atom.